The van der Waals surface area contributed by atoms with Gasteiger partial charge in [-0.05, 0) is 60.0 Å². The second-order valence-electron chi connectivity index (χ2n) is 5.42. The van der Waals surface area contributed by atoms with Crippen molar-refractivity contribution in [1.29, 1.82) is 0 Å². The third kappa shape index (κ3) is 4.18. The molecule has 1 N–H and O–H groups in total. The fraction of sp³-hybridized carbons (Fsp3) is 0. The van der Waals surface area contributed by atoms with E-state index in [1.165, 1.54) is 34.8 Å². The number of nitrogens with zero attached hydrogens (tertiary/aromatic N) is 2. The van der Waals surface area contributed by atoms with E-state index in [2.05, 4.69) is 15.5 Å². The van der Waals surface area contributed by atoms with Gasteiger partial charge in [-0.1, -0.05) is 17.4 Å². The second kappa shape index (κ2) is 7.65. The van der Waals surface area contributed by atoms with Gasteiger partial charge in [-0.3, -0.25) is 10.1 Å². The van der Waals surface area contributed by atoms with Crippen LogP contribution >= 0.6 is 22.7 Å². The van der Waals surface area contributed by atoms with Gasteiger partial charge in [-0.25, -0.2) is 4.39 Å². The van der Waals surface area contributed by atoms with Gasteiger partial charge in [0.15, 0.2) is 0 Å². The summed E-state index contributed by atoms with van der Waals surface area (Å²) in [5.74, 6) is 0.673. The average Bonchev–Trinajstić information content (AvgIpc) is 3.36. The summed E-state index contributed by atoms with van der Waals surface area (Å²) in [6.07, 6.45) is 0. The van der Waals surface area contributed by atoms with Crippen LogP contribution in [0.5, 0.6) is 11.5 Å². The number of carbonyl (C=O) groups excluding carboxylic acids is 1. The minimum atomic E-state index is -0.309. The SMILES string of the molecule is O=C(Nc1nnc(-c2ccc(Oc3ccc(F)cc3)cc2)s1)c1cccs1. The molecule has 0 unspecified atom stereocenters. The third-order valence-electron chi connectivity index (χ3n) is 3.54. The number of hydrogen-bond donors (Lipinski definition) is 1. The average molecular weight is 397 g/mol. The van der Waals surface area contributed by atoms with Gasteiger partial charge in [-0.15, -0.1) is 21.5 Å². The number of hydrogen-bond acceptors (Lipinski definition) is 6. The van der Waals surface area contributed by atoms with E-state index >= 15 is 0 Å². The highest BCUT2D eigenvalue weighted by molar-refractivity contribution is 7.18. The number of benzene rings is 2. The van der Waals surface area contributed by atoms with Crippen LogP contribution in [0.3, 0.4) is 0 Å². The number of amides is 1. The molecule has 0 bridgehead atoms. The Morgan fingerprint density at radius 3 is 2.33 bits per heavy atom. The van der Waals surface area contributed by atoms with Crippen molar-refractivity contribution in [2.24, 2.45) is 0 Å². The van der Waals surface area contributed by atoms with Gasteiger partial charge in [0.05, 0.1) is 4.88 Å². The van der Waals surface area contributed by atoms with Crippen molar-refractivity contribution in [3.63, 3.8) is 0 Å². The Morgan fingerprint density at radius 1 is 0.963 bits per heavy atom. The molecule has 2 heterocycles. The monoisotopic (exact) mass is 397 g/mol. The number of thiophene rings is 1. The topological polar surface area (TPSA) is 64.1 Å². The van der Waals surface area contributed by atoms with Gasteiger partial charge < -0.3 is 4.74 Å². The first-order valence-electron chi connectivity index (χ1n) is 7.89. The zero-order valence-corrected chi connectivity index (χ0v) is 15.4. The highest BCUT2D eigenvalue weighted by Gasteiger charge is 2.12. The Labute approximate surface area is 162 Å². The molecule has 0 fully saturated rings. The third-order valence-corrected chi connectivity index (χ3v) is 5.30. The Balaban J connectivity index is 1.44. The maximum Gasteiger partial charge on any atom is 0.267 e. The molecular formula is C19H12FN3O2S2. The van der Waals surface area contributed by atoms with E-state index in [0.29, 0.717) is 26.5 Å². The van der Waals surface area contributed by atoms with Crippen molar-refractivity contribution in [2.75, 3.05) is 5.32 Å². The maximum atomic E-state index is 12.9. The van der Waals surface area contributed by atoms with Gasteiger partial charge in [0.2, 0.25) is 5.13 Å². The molecule has 0 aliphatic heterocycles. The summed E-state index contributed by atoms with van der Waals surface area (Å²) in [6, 6.07) is 16.7. The van der Waals surface area contributed by atoms with E-state index < -0.39 is 0 Å². The molecule has 0 atom stereocenters. The molecule has 27 heavy (non-hydrogen) atoms. The van der Waals surface area contributed by atoms with Crippen molar-refractivity contribution >= 4 is 33.7 Å². The first-order chi connectivity index (χ1) is 13.2. The van der Waals surface area contributed by atoms with Crippen LogP contribution in [0.4, 0.5) is 9.52 Å². The van der Waals surface area contributed by atoms with E-state index in [1.807, 2.05) is 23.6 Å². The largest absolute Gasteiger partial charge is 0.457 e. The van der Waals surface area contributed by atoms with Gasteiger partial charge in [0, 0.05) is 5.56 Å². The first kappa shape index (κ1) is 17.3. The number of halogens is 1. The van der Waals surface area contributed by atoms with E-state index in [0.717, 1.165) is 5.56 Å². The summed E-state index contributed by atoms with van der Waals surface area (Å²) in [6.45, 7) is 0. The van der Waals surface area contributed by atoms with Crippen molar-refractivity contribution in [2.45, 2.75) is 0 Å². The van der Waals surface area contributed by atoms with Crippen molar-refractivity contribution in [1.82, 2.24) is 10.2 Å². The molecule has 0 saturated carbocycles. The molecule has 2 aromatic heterocycles. The number of rotatable bonds is 5. The zero-order chi connectivity index (χ0) is 18.6. The summed E-state index contributed by atoms with van der Waals surface area (Å²) in [5.41, 5.74) is 0.857. The van der Waals surface area contributed by atoms with Crippen LogP contribution in [-0.4, -0.2) is 16.1 Å². The van der Waals surface area contributed by atoms with Crippen molar-refractivity contribution < 1.29 is 13.9 Å². The van der Waals surface area contributed by atoms with Crippen LogP contribution in [0, 0.1) is 5.82 Å². The summed E-state index contributed by atoms with van der Waals surface area (Å²) in [7, 11) is 0. The Morgan fingerprint density at radius 2 is 1.67 bits per heavy atom. The van der Waals surface area contributed by atoms with Crippen molar-refractivity contribution in [3.8, 4) is 22.1 Å². The first-order valence-corrected chi connectivity index (χ1v) is 9.59. The fourth-order valence-corrected chi connectivity index (χ4v) is 3.62. The molecule has 0 aliphatic carbocycles. The highest BCUT2D eigenvalue weighted by atomic mass is 32.1. The molecule has 4 rings (SSSR count). The normalized spacial score (nSPS) is 10.6. The van der Waals surface area contributed by atoms with E-state index in [9.17, 15) is 9.18 Å². The quantitative estimate of drug-likeness (QED) is 0.486. The number of aromatic nitrogens is 2. The molecule has 0 spiro atoms. The summed E-state index contributed by atoms with van der Waals surface area (Å²) in [4.78, 5) is 12.7. The summed E-state index contributed by atoms with van der Waals surface area (Å²) < 4.78 is 18.6. The standard InChI is InChI=1S/C19H12FN3O2S2/c20-13-5-9-15(10-6-13)25-14-7-3-12(4-8-14)18-22-23-19(27-18)21-17(24)16-2-1-11-26-16/h1-11H,(H,21,23,24). The molecule has 4 aromatic rings. The molecule has 0 radical (unpaired) electrons. The van der Waals surface area contributed by atoms with Gasteiger partial charge >= 0.3 is 0 Å². The predicted octanol–water partition coefficient (Wildman–Crippen LogP) is 5.45. The summed E-state index contributed by atoms with van der Waals surface area (Å²) >= 11 is 2.66. The lowest BCUT2D eigenvalue weighted by molar-refractivity contribution is 0.103. The molecule has 1 amide bonds. The van der Waals surface area contributed by atoms with Gasteiger partial charge in [-0.2, -0.15) is 0 Å². The maximum absolute atomic E-state index is 12.9. The Bertz CT molecular complexity index is 1050. The van der Waals surface area contributed by atoms with E-state index in [4.69, 9.17) is 4.74 Å². The lowest BCUT2D eigenvalue weighted by atomic mass is 10.2. The molecular weight excluding hydrogens is 385 g/mol. The molecule has 0 saturated heterocycles. The number of nitrogens with one attached hydrogen (secondary N) is 1. The lowest BCUT2D eigenvalue weighted by Crippen LogP contribution is -2.09. The van der Waals surface area contributed by atoms with Crippen LogP contribution < -0.4 is 10.1 Å². The van der Waals surface area contributed by atoms with Gasteiger partial charge in [0.1, 0.15) is 22.3 Å². The summed E-state index contributed by atoms with van der Waals surface area (Å²) in [5, 5.41) is 13.8. The molecule has 2 aromatic carbocycles. The minimum absolute atomic E-state index is 0.198. The minimum Gasteiger partial charge on any atom is -0.457 e. The van der Waals surface area contributed by atoms with Gasteiger partial charge in [0.25, 0.3) is 5.91 Å². The fourth-order valence-electron chi connectivity index (χ4n) is 2.26. The molecule has 0 aliphatic rings. The number of carbonyl (C=O) groups is 1. The number of ether oxygens (including phenoxy) is 1. The van der Waals surface area contributed by atoms with Crippen molar-refractivity contribution in [3.05, 3.63) is 76.7 Å². The predicted molar refractivity (Wildman–Crippen MR) is 104 cm³/mol. The zero-order valence-electron chi connectivity index (χ0n) is 13.8. The second-order valence-corrected chi connectivity index (χ2v) is 7.35. The highest BCUT2D eigenvalue weighted by Crippen LogP contribution is 2.29. The van der Waals surface area contributed by atoms with Crippen LogP contribution in [0.2, 0.25) is 0 Å². The van der Waals surface area contributed by atoms with Crippen LogP contribution in [0.15, 0.2) is 66.0 Å². The van der Waals surface area contributed by atoms with Crippen LogP contribution in [0.25, 0.3) is 10.6 Å². The Hall–Kier alpha value is -3.10. The van der Waals surface area contributed by atoms with E-state index in [1.54, 1.807) is 30.3 Å². The Kier molecular flexibility index (Phi) is 4.91. The van der Waals surface area contributed by atoms with Crippen LogP contribution in [-0.2, 0) is 0 Å². The smallest absolute Gasteiger partial charge is 0.267 e. The number of anilines is 1. The molecule has 134 valence electrons. The lowest BCUT2D eigenvalue weighted by Gasteiger charge is -2.05. The molecule has 5 nitrogen and oxygen atoms in total. The van der Waals surface area contributed by atoms with Crippen LogP contribution in [0.1, 0.15) is 9.67 Å². The van der Waals surface area contributed by atoms with E-state index in [-0.39, 0.29) is 11.7 Å². The molecule has 8 heteroatoms.